The van der Waals surface area contributed by atoms with Crippen LogP contribution in [0.5, 0.6) is 0 Å². The van der Waals surface area contributed by atoms with Crippen LogP contribution in [0.2, 0.25) is 0 Å². The summed E-state index contributed by atoms with van der Waals surface area (Å²) in [6, 6.07) is 5.56. The molecule has 0 aliphatic carbocycles. The van der Waals surface area contributed by atoms with Crippen molar-refractivity contribution in [3.8, 4) is 0 Å². The zero-order chi connectivity index (χ0) is 17.2. The first kappa shape index (κ1) is 17.9. The molecule has 0 radical (unpaired) electrons. The standard InChI is InChI=1S/C18H26F2N2O/c1-12-5-6-16(9-13(12)2)17(23)21-15(4)14(3)10-22-8-7-18(19,20)11-22/h5-6,9,14-15H,7-8,10-11H2,1-4H3,(H,21,23). The van der Waals surface area contributed by atoms with E-state index in [4.69, 9.17) is 0 Å². The Morgan fingerprint density at radius 3 is 2.57 bits per heavy atom. The topological polar surface area (TPSA) is 32.3 Å². The Hall–Kier alpha value is -1.49. The molecule has 1 N–H and O–H groups in total. The predicted molar refractivity (Wildman–Crippen MR) is 88.0 cm³/mol. The van der Waals surface area contributed by atoms with Crippen LogP contribution in [-0.4, -0.2) is 42.4 Å². The summed E-state index contributed by atoms with van der Waals surface area (Å²) in [5.41, 5.74) is 2.87. The number of hydrogen-bond acceptors (Lipinski definition) is 2. The number of hydrogen-bond donors (Lipinski definition) is 1. The maximum atomic E-state index is 13.2. The lowest BCUT2D eigenvalue weighted by molar-refractivity contribution is 0.0106. The fraction of sp³-hybridized carbons (Fsp3) is 0.611. The van der Waals surface area contributed by atoms with E-state index in [1.165, 1.54) is 0 Å². The second-order valence-electron chi connectivity index (χ2n) is 6.88. The van der Waals surface area contributed by atoms with Crippen molar-refractivity contribution in [3.63, 3.8) is 0 Å². The van der Waals surface area contributed by atoms with Crippen LogP contribution < -0.4 is 5.32 Å². The van der Waals surface area contributed by atoms with E-state index >= 15 is 0 Å². The lowest BCUT2D eigenvalue weighted by atomic mass is 10.0. The molecule has 1 amide bonds. The van der Waals surface area contributed by atoms with Crippen LogP contribution in [0.4, 0.5) is 8.78 Å². The van der Waals surface area contributed by atoms with E-state index < -0.39 is 5.92 Å². The smallest absolute Gasteiger partial charge is 0.261 e. The quantitative estimate of drug-likeness (QED) is 0.900. The number of aryl methyl sites for hydroxylation is 2. The second-order valence-corrected chi connectivity index (χ2v) is 6.88. The Morgan fingerprint density at radius 2 is 2.00 bits per heavy atom. The van der Waals surface area contributed by atoms with E-state index in [2.05, 4.69) is 5.32 Å². The minimum Gasteiger partial charge on any atom is -0.349 e. The number of alkyl halides is 2. The van der Waals surface area contributed by atoms with Crippen molar-refractivity contribution in [2.24, 2.45) is 5.92 Å². The summed E-state index contributed by atoms with van der Waals surface area (Å²) in [6.07, 6.45) is -0.0664. The van der Waals surface area contributed by atoms with Gasteiger partial charge in [0.25, 0.3) is 11.8 Å². The van der Waals surface area contributed by atoms with Gasteiger partial charge in [0.05, 0.1) is 6.54 Å². The number of nitrogens with one attached hydrogen (secondary N) is 1. The van der Waals surface area contributed by atoms with Gasteiger partial charge in [-0.2, -0.15) is 0 Å². The van der Waals surface area contributed by atoms with Crippen LogP contribution in [0.1, 0.15) is 41.8 Å². The van der Waals surface area contributed by atoms with Gasteiger partial charge < -0.3 is 5.32 Å². The summed E-state index contributed by atoms with van der Waals surface area (Å²) in [6.45, 7) is 8.73. The number of rotatable bonds is 5. The van der Waals surface area contributed by atoms with Gasteiger partial charge in [-0.15, -0.1) is 0 Å². The molecule has 1 heterocycles. The molecule has 1 aromatic carbocycles. The Balaban J connectivity index is 1.88. The van der Waals surface area contributed by atoms with Crippen LogP contribution >= 0.6 is 0 Å². The van der Waals surface area contributed by atoms with Gasteiger partial charge in [-0.05, 0) is 49.9 Å². The number of benzene rings is 1. The summed E-state index contributed by atoms with van der Waals surface area (Å²) in [4.78, 5) is 14.1. The Bertz CT molecular complexity index is 574. The number of carbonyl (C=O) groups is 1. The summed E-state index contributed by atoms with van der Waals surface area (Å²) >= 11 is 0. The first-order valence-corrected chi connectivity index (χ1v) is 8.16. The number of amides is 1. The van der Waals surface area contributed by atoms with Gasteiger partial charge in [-0.25, -0.2) is 8.78 Å². The number of likely N-dealkylation sites (tertiary alicyclic amines) is 1. The highest BCUT2D eigenvalue weighted by Crippen LogP contribution is 2.27. The average molecular weight is 324 g/mol. The van der Waals surface area contributed by atoms with Gasteiger partial charge in [0, 0.05) is 31.1 Å². The summed E-state index contributed by atoms with van der Waals surface area (Å²) in [5.74, 6) is -2.57. The van der Waals surface area contributed by atoms with Gasteiger partial charge in [0.1, 0.15) is 0 Å². The van der Waals surface area contributed by atoms with E-state index in [9.17, 15) is 13.6 Å². The van der Waals surface area contributed by atoms with Crippen molar-refractivity contribution >= 4 is 5.91 Å². The molecule has 0 aromatic heterocycles. The minimum absolute atomic E-state index is 0.0664. The van der Waals surface area contributed by atoms with Crippen LogP contribution in [0, 0.1) is 19.8 Å². The monoisotopic (exact) mass is 324 g/mol. The SMILES string of the molecule is Cc1ccc(C(=O)NC(C)C(C)CN2CCC(F)(F)C2)cc1C. The molecular formula is C18H26F2N2O. The van der Waals surface area contributed by atoms with E-state index in [-0.39, 0.29) is 30.8 Å². The van der Waals surface area contributed by atoms with Gasteiger partial charge in [0.2, 0.25) is 0 Å². The lowest BCUT2D eigenvalue weighted by Crippen LogP contribution is -2.42. The molecular weight excluding hydrogens is 298 g/mol. The predicted octanol–water partition coefficient (Wildman–Crippen LogP) is 3.40. The minimum atomic E-state index is -2.56. The van der Waals surface area contributed by atoms with Crippen molar-refractivity contribution < 1.29 is 13.6 Å². The highest BCUT2D eigenvalue weighted by molar-refractivity contribution is 5.94. The molecule has 23 heavy (non-hydrogen) atoms. The van der Waals surface area contributed by atoms with Crippen molar-refractivity contribution in [1.82, 2.24) is 10.2 Å². The molecule has 1 saturated heterocycles. The third-order valence-corrected chi connectivity index (χ3v) is 4.78. The Labute approximate surface area is 137 Å². The summed E-state index contributed by atoms with van der Waals surface area (Å²) in [7, 11) is 0. The normalized spacial score (nSPS) is 20.3. The number of halogens is 2. The van der Waals surface area contributed by atoms with Crippen molar-refractivity contribution in [2.75, 3.05) is 19.6 Å². The lowest BCUT2D eigenvalue weighted by Gasteiger charge is -2.26. The molecule has 2 rings (SSSR count). The molecule has 5 heteroatoms. The molecule has 0 spiro atoms. The fourth-order valence-corrected chi connectivity index (χ4v) is 2.84. The number of nitrogens with zero attached hydrogens (tertiary/aromatic N) is 1. The molecule has 3 nitrogen and oxygen atoms in total. The molecule has 0 saturated carbocycles. The molecule has 128 valence electrons. The van der Waals surface area contributed by atoms with Crippen molar-refractivity contribution in [2.45, 2.75) is 46.1 Å². The zero-order valence-electron chi connectivity index (χ0n) is 14.3. The summed E-state index contributed by atoms with van der Waals surface area (Å²) in [5, 5.41) is 2.98. The largest absolute Gasteiger partial charge is 0.349 e. The highest BCUT2D eigenvalue weighted by Gasteiger charge is 2.38. The second kappa shape index (κ2) is 6.95. The van der Waals surface area contributed by atoms with Crippen molar-refractivity contribution in [3.05, 3.63) is 34.9 Å². The number of carbonyl (C=O) groups excluding carboxylic acids is 1. The van der Waals surface area contributed by atoms with Gasteiger partial charge in [-0.3, -0.25) is 9.69 Å². The highest BCUT2D eigenvalue weighted by atomic mass is 19.3. The third-order valence-electron chi connectivity index (χ3n) is 4.78. The maximum Gasteiger partial charge on any atom is 0.261 e. The van der Waals surface area contributed by atoms with Crippen LogP contribution in [0.25, 0.3) is 0 Å². The maximum absolute atomic E-state index is 13.2. The molecule has 2 atom stereocenters. The van der Waals surface area contributed by atoms with E-state index in [1.54, 1.807) is 4.90 Å². The Morgan fingerprint density at radius 1 is 1.30 bits per heavy atom. The zero-order valence-corrected chi connectivity index (χ0v) is 14.3. The van der Waals surface area contributed by atoms with Crippen LogP contribution in [0.15, 0.2) is 18.2 Å². The van der Waals surface area contributed by atoms with Gasteiger partial charge >= 0.3 is 0 Å². The van der Waals surface area contributed by atoms with Crippen LogP contribution in [0.3, 0.4) is 0 Å². The van der Waals surface area contributed by atoms with Crippen LogP contribution in [-0.2, 0) is 0 Å². The third kappa shape index (κ3) is 4.74. The molecule has 1 aromatic rings. The molecule has 1 fully saturated rings. The molecule has 1 aliphatic rings. The first-order chi connectivity index (χ1) is 10.7. The Kier molecular flexibility index (Phi) is 5.40. The van der Waals surface area contributed by atoms with E-state index in [1.807, 2.05) is 45.9 Å². The van der Waals surface area contributed by atoms with E-state index in [0.29, 0.717) is 18.7 Å². The molecule has 1 aliphatic heterocycles. The van der Waals surface area contributed by atoms with E-state index in [0.717, 1.165) is 11.1 Å². The van der Waals surface area contributed by atoms with Gasteiger partial charge in [0.15, 0.2) is 0 Å². The fourth-order valence-electron chi connectivity index (χ4n) is 2.84. The summed E-state index contributed by atoms with van der Waals surface area (Å²) < 4.78 is 26.5. The molecule has 2 unspecified atom stereocenters. The van der Waals surface area contributed by atoms with Gasteiger partial charge in [-0.1, -0.05) is 13.0 Å². The average Bonchev–Trinajstić information content (AvgIpc) is 2.80. The van der Waals surface area contributed by atoms with Crippen molar-refractivity contribution in [1.29, 1.82) is 0 Å². The first-order valence-electron chi connectivity index (χ1n) is 8.16. The molecule has 0 bridgehead atoms.